The summed E-state index contributed by atoms with van der Waals surface area (Å²) in [5, 5.41) is 9.71. The molecule has 0 unspecified atom stereocenters. The molecule has 3 aromatic carbocycles. The van der Waals surface area contributed by atoms with Crippen molar-refractivity contribution in [1.82, 2.24) is 0 Å². The first-order valence-electron chi connectivity index (χ1n) is 8.97. The Balaban J connectivity index is 2.24. The Bertz CT molecular complexity index is 923. The lowest BCUT2D eigenvalue weighted by Crippen LogP contribution is -1.96. The zero-order valence-electron chi connectivity index (χ0n) is 15.9. The summed E-state index contributed by atoms with van der Waals surface area (Å²) in [6, 6.07) is 23.5. The van der Waals surface area contributed by atoms with E-state index in [-0.39, 0.29) is 5.75 Å². The van der Waals surface area contributed by atoms with Crippen LogP contribution in [0.1, 0.15) is 30.0 Å². The van der Waals surface area contributed by atoms with Gasteiger partial charge in [0.2, 0.25) is 0 Å². The van der Waals surface area contributed by atoms with E-state index in [1.165, 1.54) is 5.57 Å². The lowest BCUT2D eigenvalue weighted by molar-refractivity contribution is 0.414. The Hall–Kier alpha value is -3.20. The maximum Gasteiger partial charge on any atom is 0.119 e. The van der Waals surface area contributed by atoms with Crippen LogP contribution in [-0.4, -0.2) is 19.3 Å². The van der Waals surface area contributed by atoms with Crippen molar-refractivity contribution >= 4 is 11.1 Å². The highest BCUT2D eigenvalue weighted by Gasteiger charge is 2.14. The summed E-state index contributed by atoms with van der Waals surface area (Å²) in [5.41, 5.74) is 5.62. The second-order valence-electron chi connectivity index (χ2n) is 6.21. The fourth-order valence-corrected chi connectivity index (χ4v) is 3.24. The number of allylic oxidation sites excluding steroid dienone is 1. The standard InChI is InChI=1S/C24H24O3/c1-4-23(19-6-5-7-22(16-19)27-3)24(17-8-12-20(25)13-9-17)18-10-14-21(26-2)15-11-18/h5-16,25H,4H2,1-3H3. The maximum atomic E-state index is 9.71. The Morgan fingerprint density at radius 1 is 0.741 bits per heavy atom. The van der Waals surface area contributed by atoms with E-state index in [0.29, 0.717) is 0 Å². The number of hydrogen-bond acceptors (Lipinski definition) is 3. The molecule has 0 saturated heterocycles. The van der Waals surface area contributed by atoms with E-state index in [1.807, 2.05) is 36.4 Å². The van der Waals surface area contributed by atoms with Gasteiger partial charge in [0.1, 0.15) is 17.2 Å². The second-order valence-corrected chi connectivity index (χ2v) is 6.21. The molecule has 0 aliphatic heterocycles. The molecule has 138 valence electrons. The third-order valence-electron chi connectivity index (χ3n) is 4.61. The molecular weight excluding hydrogens is 336 g/mol. The van der Waals surface area contributed by atoms with Crippen LogP contribution in [0.2, 0.25) is 0 Å². The van der Waals surface area contributed by atoms with Gasteiger partial charge in [0.05, 0.1) is 14.2 Å². The van der Waals surface area contributed by atoms with E-state index in [2.05, 4.69) is 31.2 Å². The largest absolute Gasteiger partial charge is 0.508 e. The van der Waals surface area contributed by atoms with Gasteiger partial charge in [0, 0.05) is 0 Å². The predicted molar refractivity (Wildman–Crippen MR) is 110 cm³/mol. The molecule has 3 aromatic rings. The van der Waals surface area contributed by atoms with Crippen molar-refractivity contribution < 1.29 is 14.6 Å². The summed E-state index contributed by atoms with van der Waals surface area (Å²) in [6.45, 7) is 2.15. The van der Waals surface area contributed by atoms with Crippen LogP contribution in [0.3, 0.4) is 0 Å². The lowest BCUT2D eigenvalue weighted by atomic mass is 9.88. The quantitative estimate of drug-likeness (QED) is 0.566. The van der Waals surface area contributed by atoms with Crippen molar-refractivity contribution in [3.8, 4) is 17.2 Å². The fraction of sp³-hybridized carbons (Fsp3) is 0.167. The number of phenolic OH excluding ortho intramolecular Hbond substituents is 1. The highest BCUT2D eigenvalue weighted by Crippen LogP contribution is 2.36. The summed E-state index contributed by atoms with van der Waals surface area (Å²) in [4.78, 5) is 0. The molecule has 1 N–H and O–H groups in total. The van der Waals surface area contributed by atoms with E-state index in [0.717, 1.165) is 40.2 Å². The van der Waals surface area contributed by atoms with Crippen LogP contribution in [0.5, 0.6) is 17.2 Å². The zero-order chi connectivity index (χ0) is 19.2. The predicted octanol–water partition coefficient (Wildman–Crippen LogP) is 5.78. The molecular formula is C24H24O3. The number of aromatic hydroxyl groups is 1. The third-order valence-corrected chi connectivity index (χ3v) is 4.61. The molecule has 0 saturated carbocycles. The minimum atomic E-state index is 0.257. The first kappa shape index (κ1) is 18.6. The van der Waals surface area contributed by atoms with Crippen LogP contribution in [0.4, 0.5) is 0 Å². The number of benzene rings is 3. The van der Waals surface area contributed by atoms with E-state index in [1.54, 1.807) is 26.4 Å². The van der Waals surface area contributed by atoms with Crippen LogP contribution in [-0.2, 0) is 0 Å². The molecule has 0 spiro atoms. The van der Waals surface area contributed by atoms with Gasteiger partial charge in [-0.25, -0.2) is 0 Å². The summed E-state index contributed by atoms with van der Waals surface area (Å²) in [7, 11) is 3.35. The highest BCUT2D eigenvalue weighted by atomic mass is 16.5. The van der Waals surface area contributed by atoms with Gasteiger partial charge >= 0.3 is 0 Å². The average Bonchev–Trinajstić information content (AvgIpc) is 2.73. The second kappa shape index (κ2) is 8.45. The minimum Gasteiger partial charge on any atom is -0.508 e. The first-order chi connectivity index (χ1) is 13.2. The zero-order valence-corrected chi connectivity index (χ0v) is 15.9. The molecule has 3 rings (SSSR count). The van der Waals surface area contributed by atoms with Gasteiger partial charge in [0.15, 0.2) is 0 Å². The molecule has 0 amide bonds. The summed E-state index contributed by atoms with van der Waals surface area (Å²) in [5.74, 6) is 1.91. The van der Waals surface area contributed by atoms with Crippen LogP contribution in [0, 0.1) is 0 Å². The van der Waals surface area contributed by atoms with E-state index in [9.17, 15) is 5.11 Å². The van der Waals surface area contributed by atoms with Gasteiger partial charge in [-0.2, -0.15) is 0 Å². The van der Waals surface area contributed by atoms with Crippen LogP contribution >= 0.6 is 0 Å². The summed E-state index contributed by atoms with van der Waals surface area (Å²) >= 11 is 0. The Morgan fingerprint density at radius 2 is 1.33 bits per heavy atom. The van der Waals surface area contributed by atoms with Gasteiger partial charge in [0.25, 0.3) is 0 Å². The van der Waals surface area contributed by atoms with Crippen molar-refractivity contribution in [1.29, 1.82) is 0 Å². The summed E-state index contributed by atoms with van der Waals surface area (Å²) in [6.07, 6.45) is 0.857. The Labute approximate surface area is 160 Å². The van der Waals surface area contributed by atoms with Crippen molar-refractivity contribution in [2.75, 3.05) is 14.2 Å². The number of phenols is 1. The lowest BCUT2D eigenvalue weighted by Gasteiger charge is -2.17. The van der Waals surface area contributed by atoms with E-state index >= 15 is 0 Å². The highest BCUT2D eigenvalue weighted by molar-refractivity contribution is 5.98. The van der Waals surface area contributed by atoms with Gasteiger partial charge in [-0.3, -0.25) is 0 Å². The molecule has 0 heterocycles. The van der Waals surface area contributed by atoms with Crippen molar-refractivity contribution in [3.63, 3.8) is 0 Å². The first-order valence-corrected chi connectivity index (χ1v) is 8.97. The third kappa shape index (κ3) is 4.14. The maximum absolute atomic E-state index is 9.71. The van der Waals surface area contributed by atoms with Gasteiger partial charge < -0.3 is 14.6 Å². The van der Waals surface area contributed by atoms with Crippen molar-refractivity contribution in [2.24, 2.45) is 0 Å². The Kier molecular flexibility index (Phi) is 5.82. The molecule has 27 heavy (non-hydrogen) atoms. The molecule has 0 bridgehead atoms. The monoisotopic (exact) mass is 360 g/mol. The van der Waals surface area contributed by atoms with Crippen molar-refractivity contribution in [2.45, 2.75) is 13.3 Å². The van der Waals surface area contributed by atoms with E-state index < -0.39 is 0 Å². The van der Waals surface area contributed by atoms with Crippen LogP contribution in [0.15, 0.2) is 72.8 Å². The smallest absolute Gasteiger partial charge is 0.119 e. The number of hydrogen-bond donors (Lipinski definition) is 1. The molecule has 0 aliphatic rings. The van der Waals surface area contributed by atoms with Gasteiger partial charge in [-0.05, 0) is 70.7 Å². The molecule has 0 aliphatic carbocycles. The molecule has 0 radical (unpaired) electrons. The van der Waals surface area contributed by atoms with Crippen molar-refractivity contribution in [3.05, 3.63) is 89.5 Å². The number of rotatable bonds is 6. The SMILES string of the molecule is CCC(=C(c1ccc(O)cc1)c1ccc(OC)cc1)c1cccc(OC)c1. The van der Waals surface area contributed by atoms with Crippen LogP contribution < -0.4 is 9.47 Å². The minimum absolute atomic E-state index is 0.257. The summed E-state index contributed by atoms with van der Waals surface area (Å²) < 4.78 is 10.7. The van der Waals surface area contributed by atoms with Gasteiger partial charge in [-0.1, -0.05) is 43.3 Å². The normalized spacial score (nSPS) is 11.7. The van der Waals surface area contributed by atoms with Gasteiger partial charge in [-0.15, -0.1) is 0 Å². The fourth-order valence-electron chi connectivity index (χ4n) is 3.24. The topological polar surface area (TPSA) is 38.7 Å². The molecule has 0 fully saturated rings. The number of methoxy groups -OCH3 is 2. The van der Waals surface area contributed by atoms with Crippen LogP contribution in [0.25, 0.3) is 11.1 Å². The Morgan fingerprint density at radius 3 is 1.89 bits per heavy atom. The molecule has 0 aromatic heterocycles. The molecule has 0 atom stereocenters. The molecule has 3 heteroatoms. The molecule has 3 nitrogen and oxygen atoms in total. The van der Waals surface area contributed by atoms with E-state index in [4.69, 9.17) is 9.47 Å². The number of ether oxygens (including phenoxy) is 2. The average molecular weight is 360 g/mol.